The number of imidazole rings is 1. The van der Waals surface area contributed by atoms with Crippen LogP contribution >= 0.6 is 11.8 Å². The Kier molecular flexibility index (Phi) is 2.00. The second kappa shape index (κ2) is 3.25. The molecule has 0 radical (unpaired) electrons. The Morgan fingerprint density at radius 3 is 3.13 bits per heavy atom. The fourth-order valence-corrected chi connectivity index (χ4v) is 3.22. The van der Waals surface area contributed by atoms with Crippen LogP contribution in [0.5, 0.6) is 0 Å². The van der Waals surface area contributed by atoms with E-state index in [9.17, 15) is 5.11 Å². The standard InChI is InChI=1S/C11H13N2OS/c1-12-9-4-2-3-5-10(9)13-6-8(14)7-15-11(12)13/h2-5,8,14H,6-7H2,1H3/q+1. The lowest BCUT2D eigenvalue weighted by molar-refractivity contribution is -0.685. The summed E-state index contributed by atoms with van der Waals surface area (Å²) in [5, 5.41) is 10.9. The molecule has 1 aliphatic rings. The first-order chi connectivity index (χ1) is 7.27. The number of aliphatic hydroxyl groups excluding tert-OH is 1. The fraction of sp³-hybridized carbons (Fsp3) is 0.364. The number of para-hydroxylation sites is 2. The molecule has 1 aliphatic heterocycles. The van der Waals surface area contributed by atoms with E-state index in [2.05, 4.69) is 34.4 Å². The highest BCUT2D eigenvalue weighted by Crippen LogP contribution is 2.27. The van der Waals surface area contributed by atoms with E-state index in [1.807, 2.05) is 6.07 Å². The lowest BCUT2D eigenvalue weighted by atomic mass is 10.3. The minimum absolute atomic E-state index is 0.224. The van der Waals surface area contributed by atoms with E-state index < -0.39 is 0 Å². The summed E-state index contributed by atoms with van der Waals surface area (Å²) in [5.74, 6) is 0.796. The second-order valence-corrected chi connectivity index (χ2v) is 4.89. The normalized spacial score (nSPS) is 20.5. The molecular weight excluding hydrogens is 208 g/mol. The number of thioether (sulfide) groups is 1. The third kappa shape index (κ3) is 1.28. The molecule has 2 aromatic rings. The smallest absolute Gasteiger partial charge is 0.318 e. The van der Waals surface area contributed by atoms with Gasteiger partial charge in [-0.2, -0.15) is 0 Å². The molecule has 0 spiro atoms. The first-order valence-electron chi connectivity index (χ1n) is 5.05. The van der Waals surface area contributed by atoms with Gasteiger partial charge in [0, 0.05) is 5.75 Å². The third-order valence-corrected chi connectivity index (χ3v) is 4.15. The van der Waals surface area contributed by atoms with Crippen LogP contribution in [0.3, 0.4) is 0 Å². The largest absolute Gasteiger partial charge is 0.388 e. The van der Waals surface area contributed by atoms with Gasteiger partial charge in [0.15, 0.2) is 11.0 Å². The molecule has 0 saturated carbocycles. The van der Waals surface area contributed by atoms with Gasteiger partial charge in [-0.25, -0.2) is 9.13 Å². The lowest BCUT2D eigenvalue weighted by Gasteiger charge is -2.13. The number of fused-ring (bicyclic) bond motifs is 3. The van der Waals surface area contributed by atoms with Crippen molar-refractivity contribution < 1.29 is 9.67 Å². The summed E-state index contributed by atoms with van der Waals surface area (Å²) >= 11 is 1.73. The summed E-state index contributed by atoms with van der Waals surface area (Å²) in [5.41, 5.74) is 2.44. The summed E-state index contributed by atoms with van der Waals surface area (Å²) in [6, 6.07) is 8.32. The Morgan fingerprint density at radius 1 is 1.47 bits per heavy atom. The predicted molar refractivity (Wildman–Crippen MR) is 59.8 cm³/mol. The molecule has 78 valence electrons. The molecule has 15 heavy (non-hydrogen) atoms. The van der Waals surface area contributed by atoms with Gasteiger partial charge in [-0.15, -0.1) is 0 Å². The van der Waals surface area contributed by atoms with E-state index in [0.717, 1.165) is 5.75 Å². The van der Waals surface area contributed by atoms with Gasteiger partial charge in [0.2, 0.25) is 0 Å². The molecule has 2 heterocycles. The van der Waals surface area contributed by atoms with Crippen LogP contribution in [0.1, 0.15) is 0 Å². The topological polar surface area (TPSA) is 29.0 Å². The van der Waals surface area contributed by atoms with Gasteiger partial charge in [0.05, 0.1) is 7.05 Å². The quantitative estimate of drug-likeness (QED) is 0.671. The van der Waals surface area contributed by atoms with Crippen molar-refractivity contribution in [2.24, 2.45) is 7.05 Å². The highest BCUT2D eigenvalue weighted by molar-refractivity contribution is 7.99. The number of nitrogens with zero attached hydrogens (tertiary/aromatic N) is 2. The van der Waals surface area contributed by atoms with Gasteiger partial charge in [0.25, 0.3) is 0 Å². The monoisotopic (exact) mass is 221 g/mol. The summed E-state index contributed by atoms with van der Waals surface area (Å²) < 4.78 is 4.40. The SMILES string of the molecule is C[n+]1c2n(c3ccccc31)CC(O)CS2. The van der Waals surface area contributed by atoms with Crippen LogP contribution in [0.15, 0.2) is 29.4 Å². The molecule has 0 bridgehead atoms. The van der Waals surface area contributed by atoms with Crippen molar-refractivity contribution in [3.8, 4) is 0 Å². The van der Waals surface area contributed by atoms with Crippen molar-refractivity contribution in [1.29, 1.82) is 0 Å². The van der Waals surface area contributed by atoms with Crippen molar-refractivity contribution in [3.63, 3.8) is 0 Å². The molecule has 1 aromatic carbocycles. The van der Waals surface area contributed by atoms with E-state index in [4.69, 9.17) is 0 Å². The minimum atomic E-state index is -0.224. The third-order valence-electron chi connectivity index (χ3n) is 2.85. The van der Waals surface area contributed by atoms with Crippen molar-refractivity contribution in [3.05, 3.63) is 24.3 Å². The average Bonchev–Trinajstić information content (AvgIpc) is 2.54. The molecule has 3 nitrogen and oxygen atoms in total. The van der Waals surface area contributed by atoms with Crippen molar-refractivity contribution in [2.45, 2.75) is 17.8 Å². The van der Waals surface area contributed by atoms with E-state index in [1.54, 1.807) is 11.8 Å². The molecule has 3 rings (SSSR count). The molecule has 0 amide bonds. The summed E-state index contributed by atoms with van der Waals surface area (Å²) in [4.78, 5) is 0. The maximum Gasteiger partial charge on any atom is 0.318 e. The lowest BCUT2D eigenvalue weighted by Crippen LogP contribution is -2.34. The Labute approximate surface area is 92.3 Å². The number of aryl methyl sites for hydroxylation is 1. The molecule has 0 aliphatic carbocycles. The number of aromatic nitrogens is 2. The zero-order chi connectivity index (χ0) is 10.4. The summed E-state index contributed by atoms with van der Waals surface area (Å²) in [7, 11) is 2.08. The molecule has 4 heteroatoms. The Hall–Kier alpha value is -1.00. The number of aliphatic hydroxyl groups is 1. The second-order valence-electron chi connectivity index (χ2n) is 3.91. The van der Waals surface area contributed by atoms with Crippen LogP contribution in [0.4, 0.5) is 0 Å². The zero-order valence-corrected chi connectivity index (χ0v) is 9.37. The fourth-order valence-electron chi connectivity index (χ4n) is 2.15. The number of benzene rings is 1. The first kappa shape index (κ1) is 9.24. The molecule has 1 N–H and O–H groups in total. The van der Waals surface area contributed by atoms with Crippen LogP contribution < -0.4 is 4.57 Å². The molecule has 1 aromatic heterocycles. The first-order valence-corrected chi connectivity index (χ1v) is 6.04. The van der Waals surface area contributed by atoms with E-state index in [0.29, 0.717) is 6.54 Å². The molecular formula is C11H13N2OS+. The maximum atomic E-state index is 9.67. The molecule has 0 saturated heterocycles. The van der Waals surface area contributed by atoms with Gasteiger partial charge in [0.1, 0.15) is 12.6 Å². The average molecular weight is 221 g/mol. The highest BCUT2D eigenvalue weighted by Gasteiger charge is 2.29. The van der Waals surface area contributed by atoms with Gasteiger partial charge in [-0.3, -0.25) is 0 Å². The van der Waals surface area contributed by atoms with Crippen molar-refractivity contribution in [2.75, 3.05) is 5.75 Å². The Morgan fingerprint density at radius 2 is 2.27 bits per heavy atom. The van der Waals surface area contributed by atoms with Crippen LogP contribution in [-0.2, 0) is 13.6 Å². The number of hydrogen-bond donors (Lipinski definition) is 1. The van der Waals surface area contributed by atoms with Gasteiger partial charge in [-0.1, -0.05) is 12.1 Å². The maximum absolute atomic E-state index is 9.67. The van der Waals surface area contributed by atoms with Crippen LogP contribution in [0.25, 0.3) is 11.0 Å². The molecule has 0 fully saturated rings. The van der Waals surface area contributed by atoms with E-state index >= 15 is 0 Å². The summed E-state index contributed by atoms with van der Waals surface area (Å²) in [6.07, 6.45) is -0.224. The van der Waals surface area contributed by atoms with Gasteiger partial charge in [-0.05, 0) is 23.9 Å². The van der Waals surface area contributed by atoms with Gasteiger partial charge >= 0.3 is 5.16 Å². The van der Waals surface area contributed by atoms with Crippen molar-refractivity contribution in [1.82, 2.24) is 4.57 Å². The minimum Gasteiger partial charge on any atom is -0.388 e. The van der Waals surface area contributed by atoms with Crippen molar-refractivity contribution >= 4 is 22.8 Å². The van der Waals surface area contributed by atoms with Crippen LogP contribution in [0.2, 0.25) is 0 Å². The van der Waals surface area contributed by atoms with Crippen LogP contribution in [0, 0.1) is 0 Å². The summed E-state index contributed by atoms with van der Waals surface area (Å²) in [6.45, 7) is 0.712. The van der Waals surface area contributed by atoms with E-state index in [1.165, 1.54) is 16.2 Å². The molecule has 1 atom stereocenters. The highest BCUT2D eigenvalue weighted by atomic mass is 32.2. The van der Waals surface area contributed by atoms with Gasteiger partial charge < -0.3 is 5.11 Å². The van der Waals surface area contributed by atoms with E-state index in [-0.39, 0.29) is 6.10 Å². The number of rotatable bonds is 0. The predicted octanol–water partition coefficient (Wildman–Crippen LogP) is 0.932. The van der Waals surface area contributed by atoms with Crippen LogP contribution in [-0.4, -0.2) is 21.5 Å². The Balaban J connectivity index is 2.33. The zero-order valence-electron chi connectivity index (χ0n) is 8.55. The number of hydrogen-bond acceptors (Lipinski definition) is 2. The molecule has 1 unspecified atom stereocenters. The Bertz CT molecular complexity index is 521.